The molecule has 2 heterocycles. The van der Waals surface area contributed by atoms with Gasteiger partial charge in [0.1, 0.15) is 4.32 Å². The van der Waals surface area contributed by atoms with Crippen LogP contribution in [0.1, 0.15) is 17.5 Å². The Hall–Kier alpha value is -2.05. The lowest BCUT2D eigenvalue weighted by atomic mass is 10.1. The Bertz CT molecular complexity index is 825. The summed E-state index contributed by atoms with van der Waals surface area (Å²) in [5.41, 5.74) is 2.35. The fourth-order valence-corrected chi connectivity index (χ4v) is 4.78. The lowest BCUT2D eigenvalue weighted by molar-refractivity contribution is -0.126. The van der Waals surface area contributed by atoms with E-state index >= 15 is 0 Å². The highest BCUT2D eigenvalue weighted by Crippen LogP contribution is 2.35. The van der Waals surface area contributed by atoms with Crippen molar-refractivity contribution in [3.63, 3.8) is 0 Å². The van der Waals surface area contributed by atoms with E-state index < -0.39 is 0 Å². The minimum atomic E-state index is -0.153. The molecule has 26 heavy (non-hydrogen) atoms. The molecular weight excluding hydrogens is 366 g/mol. The number of amides is 1. The fraction of sp³-hybridized carbons (Fsp3) is 0.300. The number of carbonyl (C=O) groups excluding carboxylic acids is 1. The van der Waals surface area contributed by atoms with Gasteiger partial charge in [0.2, 0.25) is 12.7 Å². The Morgan fingerprint density at radius 2 is 1.88 bits per heavy atom. The first kappa shape index (κ1) is 17.4. The van der Waals surface area contributed by atoms with Gasteiger partial charge in [-0.05, 0) is 42.5 Å². The van der Waals surface area contributed by atoms with Gasteiger partial charge in [0.05, 0.1) is 5.25 Å². The highest BCUT2D eigenvalue weighted by Gasteiger charge is 2.36. The molecule has 0 aromatic heterocycles. The van der Waals surface area contributed by atoms with Crippen molar-refractivity contribution in [3.8, 4) is 11.5 Å². The van der Waals surface area contributed by atoms with Gasteiger partial charge in [0, 0.05) is 6.54 Å². The summed E-state index contributed by atoms with van der Waals surface area (Å²) in [7, 11) is 0. The third-order valence-electron chi connectivity index (χ3n) is 4.55. The van der Waals surface area contributed by atoms with Crippen molar-refractivity contribution in [2.24, 2.45) is 0 Å². The maximum Gasteiger partial charge on any atom is 0.241 e. The zero-order valence-corrected chi connectivity index (χ0v) is 15.9. The molecule has 0 aliphatic carbocycles. The van der Waals surface area contributed by atoms with E-state index in [1.54, 1.807) is 4.90 Å². The molecule has 6 heteroatoms. The molecule has 2 aromatic carbocycles. The van der Waals surface area contributed by atoms with E-state index in [-0.39, 0.29) is 18.0 Å². The smallest absolute Gasteiger partial charge is 0.241 e. The van der Waals surface area contributed by atoms with E-state index in [0.717, 1.165) is 29.9 Å². The number of thioether (sulfide) groups is 1. The van der Waals surface area contributed by atoms with Crippen LogP contribution in [0, 0.1) is 0 Å². The van der Waals surface area contributed by atoms with E-state index in [0.29, 0.717) is 17.3 Å². The predicted octanol–water partition coefficient (Wildman–Crippen LogP) is 3.82. The molecule has 0 bridgehead atoms. The quantitative estimate of drug-likeness (QED) is 0.707. The number of carbonyl (C=O) groups is 1. The van der Waals surface area contributed by atoms with Crippen LogP contribution in [0.4, 0.5) is 0 Å². The van der Waals surface area contributed by atoms with Crippen molar-refractivity contribution in [3.05, 3.63) is 59.7 Å². The van der Waals surface area contributed by atoms with Crippen LogP contribution in [0.15, 0.2) is 48.5 Å². The Kier molecular flexibility index (Phi) is 5.13. The maximum atomic E-state index is 12.8. The van der Waals surface area contributed by atoms with E-state index in [2.05, 4.69) is 12.1 Å². The maximum absolute atomic E-state index is 12.8. The SMILES string of the molecule is O=C1[C@H](Cc2ccc3c(c2)OCO3)SC(=S)N1CCCc1ccccc1. The molecule has 1 fully saturated rings. The van der Waals surface area contributed by atoms with Crippen LogP contribution in [0.2, 0.25) is 0 Å². The van der Waals surface area contributed by atoms with Crippen LogP contribution in [-0.2, 0) is 17.6 Å². The number of thiocarbonyl (C=S) groups is 1. The first-order chi connectivity index (χ1) is 12.7. The Morgan fingerprint density at radius 3 is 2.73 bits per heavy atom. The molecule has 2 aliphatic heterocycles. The third kappa shape index (κ3) is 3.71. The topological polar surface area (TPSA) is 38.8 Å². The number of hydrogen-bond donors (Lipinski definition) is 0. The second-order valence-electron chi connectivity index (χ2n) is 6.34. The Labute approximate surface area is 162 Å². The lowest BCUT2D eigenvalue weighted by Gasteiger charge is -2.15. The molecule has 0 unspecified atom stereocenters. The summed E-state index contributed by atoms with van der Waals surface area (Å²) in [5, 5.41) is -0.153. The van der Waals surface area contributed by atoms with Gasteiger partial charge >= 0.3 is 0 Å². The van der Waals surface area contributed by atoms with Crippen molar-refractivity contribution in [1.82, 2.24) is 4.90 Å². The van der Waals surface area contributed by atoms with Crippen LogP contribution < -0.4 is 9.47 Å². The molecule has 0 radical (unpaired) electrons. The summed E-state index contributed by atoms with van der Waals surface area (Å²) in [6.07, 6.45) is 2.51. The van der Waals surface area contributed by atoms with E-state index in [4.69, 9.17) is 21.7 Å². The van der Waals surface area contributed by atoms with Crippen molar-refractivity contribution in [2.45, 2.75) is 24.5 Å². The molecular formula is C20H19NO3S2. The average molecular weight is 386 g/mol. The zero-order valence-electron chi connectivity index (χ0n) is 14.2. The molecule has 134 valence electrons. The number of aryl methyl sites for hydroxylation is 1. The number of ether oxygens (including phenoxy) is 2. The van der Waals surface area contributed by atoms with Crippen LogP contribution >= 0.6 is 24.0 Å². The molecule has 1 saturated heterocycles. The molecule has 2 aliphatic rings. The van der Waals surface area contributed by atoms with Crippen molar-refractivity contribution in [2.75, 3.05) is 13.3 Å². The Balaban J connectivity index is 1.34. The molecule has 1 atom stereocenters. The first-order valence-corrected chi connectivity index (χ1v) is 9.94. The number of fused-ring (bicyclic) bond motifs is 1. The lowest BCUT2D eigenvalue weighted by Crippen LogP contribution is -2.33. The van der Waals surface area contributed by atoms with Crippen LogP contribution in [-0.4, -0.2) is 33.7 Å². The van der Waals surface area contributed by atoms with Gasteiger partial charge in [-0.25, -0.2) is 0 Å². The van der Waals surface area contributed by atoms with Gasteiger partial charge in [-0.15, -0.1) is 0 Å². The molecule has 0 N–H and O–H groups in total. The van der Waals surface area contributed by atoms with Gasteiger partial charge < -0.3 is 9.47 Å². The van der Waals surface area contributed by atoms with E-state index in [1.165, 1.54) is 17.3 Å². The zero-order chi connectivity index (χ0) is 17.9. The van der Waals surface area contributed by atoms with Gasteiger partial charge in [-0.2, -0.15) is 0 Å². The molecule has 1 amide bonds. The van der Waals surface area contributed by atoms with Crippen molar-refractivity contribution < 1.29 is 14.3 Å². The number of rotatable bonds is 6. The van der Waals surface area contributed by atoms with Crippen LogP contribution in [0.5, 0.6) is 11.5 Å². The highest BCUT2D eigenvalue weighted by molar-refractivity contribution is 8.24. The molecule has 4 nitrogen and oxygen atoms in total. The molecule has 4 rings (SSSR count). The number of nitrogens with zero attached hydrogens (tertiary/aromatic N) is 1. The van der Waals surface area contributed by atoms with Crippen molar-refractivity contribution in [1.29, 1.82) is 0 Å². The average Bonchev–Trinajstić information content (AvgIpc) is 3.22. The Morgan fingerprint density at radius 1 is 1.08 bits per heavy atom. The van der Waals surface area contributed by atoms with Crippen LogP contribution in [0.25, 0.3) is 0 Å². The number of benzene rings is 2. The summed E-state index contributed by atoms with van der Waals surface area (Å²) in [5.74, 6) is 1.63. The second-order valence-corrected chi connectivity index (χ2v) is 8.18. The van der Waals surface area contributed by atoms with Gasteiger partial charge in [0.15, 0.2) is 11.5 Å². The summed E-state index contributed by atoms with van der Waals surface area (Å²) in [4.78, 5) is 14.5. The predicted molar refractivity (Wildman–Crippen MR) is 107 cm³/mol. The second kappa shape index (κ2) is 7.68. The summed E-state index contributed by atoms with van der Waals surface area (Å²) < 4.78 is 11.4. The van der Waals surface area contributed by atoms with Crippen molar-refractivity contribution >= 4 is 34.2 Å². The first-order valence-electron chi connectivity index (χ1n) is 8.65. The third-order valence-corrected chi connectivity index (χ3v) is 6.14. The highest BCUT2D eigenvalue weighted by atomic mass is 32.2. The summed E-state index contributed by atoms with van der Waals surface area (Å²) in [6.45, 7) is 0.937. The van der Waals surface area contributed by atoms with Gasteiger partial charge in [-0.3, -0.25) is 9.69 Å². The largest absolute Gasteiger partial charge is 0.454 e. The van der Waals surface area contributed by atoms with E-state index in [1.807, 2.05) is 36.4 Å². The standard InChI is InChI=1S/C20H19NO3S2/c22-19-18(12-15-8-9-16-17(11-15)24-13-23-16)26-20(25)21(19)10-4-7-14-5-2-1-3-6-14/h1-3,5-6,8-9,11,18H,4,7,10,12-13H2/t18-/m0/s1. The minimum absolute atomic E-state index is 0.116. The van der Waals surface area contributed by atoms with Gasteiger partial charge in [-0.1, -0.05) is 60.4 Å². The normalized spacial score (nSPS) is 18.6. The van der Waals surface area contributed by atoms with Gasteiger partial charge in [0.25, 0.3) is 0 Å². The summed E-state index contributed by atoms with van der Waals surface area (Å²) in [6, 6.07) is 16.2. The van der Waals surface area contributed by atoms with E-state index in [9.17, 15) is 4.79 Å². The monoisotopic (exact) mass is 385 g/mol. The molecule has 0 saturated carbocycles. The minimum Gasteiger partial charge on any atom is -0.454 e. The summed E-state index contributed by atoms with van der Waals surface area (Å²) >= 11 is 6.94. The molecule has 2 aromatic rings. The number of hydrogen-bond acceptors (Lipinski definition) is 5. The molecule has 0 spiro atoms. The van der Waals surface area contributed by atoms with Crippen LogP contribution in [0.3, 0.4) is 0 Å². The fourth-order valence-electron chi connectivity index (χ4n) is 3.20.